The second kappa shape index (κ2) is 9.32. The summed E-state index contributed by atoms with van der Waals surface area (Å²) in [6.45, 7) is 8.61. The molecule has 0 aliphatic carbocycles. The molecule has 2 N–H and O–H groups in total. The Hall–Kier alpha value is -2.22. The van der Waals surface area contributed by atoms with Gasteiger partial charge in [0.2, 0.25) is 0 Å². The van der Waals surface area contributed by atoms with Gasteiger partial charge in [0.25, 0.3) is 0 Å². The molecule has 28 heavy (non-hydrogen) atoms. The maximum absolute atomic E-state index is 14.0. The van der Waals surface area contributed by atoms with Crippen LogP contribution in [0.2, 0.25) is 0 Å². The first-order chi connectivity index (χ1) is 13.5. The maximum atomic E-state index is 14.0. The van der Waals surface area contributed by atoms with E-state index in [1.165, 1.54) is 18.2 Å². The predicted molar refractivity (Wildman–Crippen MR) is 111 cm³/mol. The van der Waals surface area contributed by atoms with Gasteiger partial charge in [-0.05, 0) is 25.5 Å². The molecule has 0 bridgehead atoms. The van der Waals surface area contributed by atoms with Gasteiger partial charge in [-0.25, -0.2) is 18.8 Å². The van der Waals surface area contributed by atoms with E-state index in [0.29, 0.717) is 31.5 Å². The van der Waals surface area contributed by atoms with Crippen molar-refractivity contribution in [2.45, 2.75) is 45.7 Å². The number of nitrogens with zero attached hydrogens (tertiary/aromatic N) is 3. The number of para-hydroxylation sites is 1. The molecule has 0 amide bonds. The summed E-state index contributed by atoms with van der Waals surface area (Å²) in [5.41, 5.74) is 1.00. The summed E-state index contributed by atoms with van der Waals surface area (Å²) in [5, 5.41) is 9.77. The van der Waals surface area contributed by atoms with E-state index in [4.69, 9.17) is 0 Å². The number of rotatable bonds is 6. The highest BCUT2D eigenvalue weighted by Gasteiger charge is 2.27. The molecule has 5 nitrogen and oxygen atoms in total. The Morgan fingerprint density at radius 2 is 2.11 bits per heavy atom. The Morgan fingerprint density at radius 1 is 1.36 bits per heavy atom. The second-order valence-corrected chi connectivity index (χ2v) is 8.06. The van der Waals surface area contributed by atoms with Crippen LogP contribution >= 0.6 is 11.3 Å². The molecular formula is C20H27F2N5S. The first-order valence-corrected chi connectivity index (χ1v) is 10.5. The first kappa shape index (κ1) is 20.5. The van der Waals surface area contributed by atoms with Crippen LogP contribution in [-0.4, -0.2) is 36.6 Å². The van der Waals surface area contributed by atoms with Gasteiger partial charge in [0.05, 0.1) is 17.2 Å². The lowest BCUT2D eigenvalue weighted by molar-refractivity contribution is 0.576. The van der Waals surface area contributed by atoms with Crippen LogP contribution in [0.4, 0.5) is 14.5 Å². The van der Waals surface area contributed by atoms with Crippen molar-refractivity contribution in [3.8, 4) is 0 Å². The third-order valence-corrected chi connectivity index (χ3v) is 5.78. The van der Waals surface area contributed by atoms with Crippen molar-refractivity contribution in [2.75, 3.05) is 24.5 Å². The summed E-state index contributed by atoms with van der Waals surface area (Å²) in [7, 11) is 0. The topological polar surface area (TPSA) is 52.6 Å². The smallest absolute Gasteiger partial charge is 0.191 e. The number of hydrogen-bond donors (Lipinski definition) is 2. The highest BCUT2D eigenvalue weighted by atomic mass is 32.1. The Kier molecular flexibility index (Phi) is 6.83. The Morgan fingerprint density at radius 3 is 2.75 bits per heavy atom. The van der Waals surface area contributed by atoms with E-state index in [0.717, 1.165) is 23.7 Å². The van der Waals surface area contributed by atoms with Crippen molar-refractivity contribution in [3.63, 3.8) is 0 Å². The lowest BCUT2D eigenvalue weighted by atomic mass is 10.2. The normalized spacial score (nSPS) is 17.4. The van der Waals surface area contributed by atoms with E-state index in [2.05, 4.69) is 34.5 Å². The number of benzene rings is 1. The fourth-order valence-corrected chi connectivity index (χ4v) is 4.03. The molecule has 1 saturated heterocycles. The summed E-state index contributed by atoms with van der Waals surface area (Å²) >= 11 is 1.66. The number of guanidine groups is 1. The second-order valence-electron chi connectivity index (χ2n) is 7.17. The molecule has 0 spiro atoms. The summed E-state index contributed by atoms with van der Waals surface area (Å²) < 4.78 is 28.1. The van der Waals surface area contributed by atoms with Crippen molar-refractivity contribution >= 4 is 23.0 Å². The van der Waals surface area contributed by atoms with Crippen molar-refractivity contribution in [1.82, 2.24) is 15.6 Å². The molecule has 1 unspecified atom stereocenters. The van der Waals surface area contributed by atoms with E-state index in [-0.39, 0.29) is 11.7 Å². The van der Waals surface area contributed by atoms with Crippen LogP contribution < -0.4 is 15.5 Å². The molecule has 8 heteroatoms. The maximum Gasteiger partial charge on any atom is 0.191 e. The Labute approximate surface area is 168 Å². The molecule has 2 aromatic rings. The van der Waals surface area contributed by atoms with E-state index < -0.39 is 11.6 Å². The first-order valence-electron chi connectivity index (χ1n) is 9.66. The van der Waals surface area contributed by atoms with Crippen molar-refractivity contribution in [2.24, 2.45) is 4.99 Å². The monoisotopic (exact) mass is 407 g/mol. The number of hydrogen-bond acceptors (Lipinski definition) is 4. The van der Waals surface area contributed by atoms with Crippen LogP contribution in [0, 0.1) is 11.6 Å². The molecule has 0 radical (unpaired) electrons. The molecule has 3 rings (SSSR count). The molecule has 1 atom stereocenters. The number of anilines is 1. The minimum Gasteiger partial charge on any atom is -0.365 e. The molecule has 1 aromatic heterocycles. The van der Waals surface area contributed by atoms with Crippen LogP contribution in [0.1, 0.15) is 43.8 Å². The van der Waals surface area contributed by atoms with E-state index >= 15 is 0 Å². The highest BCUT2D eigenvalue weighted by Crippen LogP contribution is 2.26. The molecule has 152 valence electrons. The van der Waals surface area contributed by atoms with E-state index in [1.807, 2.05) is 12.3 Å². The van der Waals surface area contributed by atoms with Gasteiger partial charge in [0, 0.05) is 37.0 Å². The van der Waals surface area contributed by atoms with Gasteiger partial charge >= 0.3 is 0 Å². The molecule has 0 saturated carbocycles. The van der Waals surface area contributed by atoms with Crippen LogP contribution in [-0.2, 0) is 6.54 Å². The highest BCUT2D eigenvalue weighted by molar-refractivity contribution is 7.09. The third-order valence-electron chi connectivity index (χ3n) is 4.59. The van der Waals surface area contributed by atoms with Crippen molar-refractivity contribution in [1.29, 1.82) is 0 Å². The van der Waals surface area contributed by atoms with Gasteiger partial charge in [-0.2, -0.15) is 0 Å². The SMILES string of the molecule is CCNC(=NCc1csc(C(C)C)n1)NC1CCN(c2c(F)cccc2F)C1. The lowest BCUT2D eigenvalue weighted by Gasteiger charge is -2.21. The summed E-state index contributed by atoms with van der Waals surface area (Å²) in [4.78, 5) is 11.0. The fourth-order valence-electron chi connectivity index (χ4n) is 3.21. The van der Waals surface area contributed by atoms with Crippen LogP contribution in [0.25, 0.3) is 0 Å². The van der Waals surface area contributed by atoms with Crippen LogP contribution in [0.15, 0.2) is 28.6 Å². The zero-order valence-electron chi connectivity index (χ0n) is 16.5. The quantitative estimate of drug-likeness (QED) is 0.564. The van der Waals surface area contributed by atoms with Crippen molar-refractivity contribution < 1.29 is 8.78 Å². The molecular weight excluding hydrogens is 380 g/mol. The van der Waals surface area contributed by atoms with E-state index in [1.54, 1.807) is 16.2 Å². The summed E-state index contributed by atoms with van der Waals surface area (Å²) in [6, 6.07) is 4.05. The van der Waals surface area contributed by atoms with E-state index in [9.17, 15) is 8.78 Å². The van der Waals surface area contributed by atoms with Gasteiger partial charge in [-0.15, -0.1) is 11.3 Å². The number of aliphatic imine (C=N–C) groups is 1. The van der Waals surface area contributed by atoms with Crippen LogP contribution in [0.3, 0.4) is 0 Å². The van der Waals surface area contributed by atoms with Gasteiger partial charge < -0.3 is 15.5 Å². The fraction of sp³-hybridized carbons (Fsp3) is 0.500. The van der Waals surface area contributed by atoms with Crippen molar-refractivity contribution in [3.05, 3.63) is 45.9 Å². The predicted octanol–water partition coefficient (Wildman–Crippen LogP) is 3.88. The molecule has 1 aromatic carbocycles. The molecule has 1 aliphatic rings. The van der Waals surface area contributed by atoms with Crippen LogP contribution in [0.5, 0.6) is 0 Å². The lowest BCUT2D eigenvalue weighted by Crippen LogP contribution is -2.44. The average Bonchev–Trinajstić information content (AvgIpc) is 3.29. The molecule has 1 fully saturated rings. The Bertz CT molecular complexity index is 800. The number of aromatic nitrogens is 1. The standard InChI is InChI=1S/C20H27F2N5S/c1-4-23-20(24-10-15-12-28-19(25-15)13(2)3)26-14-8-9-27(11-14)18-16(21)6-5-7-17(18)22/h5-7,12-14H,4,8-11H2,1-3H3,(H2,23,24,26). The number of halogens is 2. The average molecular weight is 408 g/mol. The number of thiazole rings is 1. The summed E-state index contributed by atoms with van der Waals surface area (Å²) in [6.07, 6.45) is 0.784. The minimum absolute atomic E-state index is 0.0532. The third kappa shape index (κ3) is 4.98. The molecule has 2 heterocycles. The number of nitrogens with one attached hydrogen (secondary N) is 2. The van der Waals surface area contributed by atoms with Gasteiger partial charge in [0.15, 0.2) is 5.96 Å². The largest absolute Gasteiger partial charge is 0.365 e. The summed E-state index contributed by atoms with van der Waals surface area (Å²) in [5.74, 6) is 0.0659. The zero-order chi connectivity index (χ0) is 20.1. The molecule has 1 aliphatic heterocycles. The zero-order valence-corrected chi connectivity index (χ0v) is 17.3. The van der Waals surface area contributed by atoms with Gasteiger partial charge in [0.1, 0.15) is 17.3 Å². The Balaban J connectivity index is 1.62. The minimum atomic E-state index is -0.522. The van der Waals surface area contributed by atoms with Gasteiger partial charge in [-0.3, -0.25) is 0 Å². The van der Waals surface area contributed by atoms with Gasteiger partial charge in [-0.1, -0.05) is 19.9 Å².